The molecule has 0 aliphatic carbocycles. The van der Waals surface area contributed by atoms with Crippen LogP contribution in [0.4, 0.5) is 0 Å². The molecular formula is C16H24N4O. The zero-order chi connectivity index (χ0) is 14.7. The van der Waals surface area contributed by atoms with E-state index < -0.39 is 0 Å². The van der Waals surface area contributed by atoms with Crippen molar-refractivity contribution in [3.8, 4) is 0 Å². The highest BCUT2D eigenvalue weighted by atomic mass is 16.5. The lowest BCUT2D eigenvalue weighted by Crippen LogP contribution is -2.37. The number of nitrogens with zero attached hydrogens (tertiary/aromatic N) is 4. The third kappa shape index (κ3) is 2.94. The number of hydrogen-bond acceptors (Lipinski definition) is 4. The summed E-state index contributed by atoms with van der Waals surface area (Å²) >= 11 is 0. The Balaban J connectivity index is 1.97. The van der Waals surface area contributed by atoms with E-state index in [0.29, 0.717) is 12.6 Å². The predicted octanol–water partition coefficient (Wildman–Crippen LogP) is 2.28. The molecule has 5 nitrogen and oxygen atoms in total. The molecule has 0 amide bonds. The van der Waals surface area contributed by atoms with Crippen molar-refractivity contribution >= 4 is 11.2 Å². The Hall–Kier alpha value is -1.46. The lowest BCUT2D eigenvalue weighted by Gasteiger charge is -2.33. The van der Waals surface area contributed by atoms with E-state index >= 15 is 0 Å². The van der Waals surface area contributed by atoms with Gasteiger partial charge in [-0.3, -0.25) is 0 Å². The van der Waals surface area contributed by atoms with Crippen LogP contribution in [0.2, 0.25) is 0 Å². The average Bonchev–Trinajstić information content (AvgIpc) is 2.91. The fourth-order valence-electron chi connectivity index (χ4n) is 3.26. The van der Waals surface area contributed by atoms with E-state index in [2.05, 4.69) is 27.4 Å². The molecule has 1 fully saturated rings. The molecule has 0 spiro atoms. The second kappa shape index (κ2) is 6.54. The molecule has 3 heterocycles. The minimum atomic E-state index is 0.477. The van der Waals surface area contributed by atoms with Gasteiger partial charge in [-0.2, -0.15) is 0 Å². The van der Waals surface area contributed by atoms with Crippen LogP contribution in [0.15, 0.2) is 18.3 Å². The van der Waals surface area contributed by atoms with Crippen LogP contribution >= 0.6 is 0 Å². The van der Waals surface area contributed by atoms with Crippen molar-refractivity contribution in [2.24, 2.45) is 0 Å². The maximum Gasteiger partial charge on any atom is 0.160 e. The standard InChI is InChI=1S/C16H24N4O/c1-3-19-10-5-6-13(12-19)20-15(8-11-21-2)18-14-7-4-9-17-16(14)20/h4,7,9,13H,3,5-6,8,10-12H2,1-2H3. The predicted molar refractivity (Wildman–Crippen MR) is 83.5 cm³/mol. The summed E-state index contributed by atoms with van der Waals surface area (Å²) in [6.45, 7) is 6.36. The van der Waals surface area contributed by atoms with Crippen molar-refractivity contribution < 1.29 is 4.74 Å². The molecular weight excluding hydrogens is 264 g/mol. The second-order valence-corrected chi connectivity index (χ2v) is 5.68. The maximum absolute atomic E-state index is 5.24. The van der Waals surface area contributed by atoms with Crippen LogP contribution in [-0.4, -0.2) is 52.8 Å². The van der Waals surface area contributed by atoms with Gasteiger partial charge in [-0.1, -0.05) is 6.92 Å². The SMILES string of the molecule is CCN1CCCC(n2c(CCOC)nc3cccnc32)C1. The fraction of sp³-hybridized carbons (Fsp3) is 0.625. The molecule has 1 aliphatic rings. The Labute approximate surface area is 125 Å². The Morgan fingerprint density at radius 2 is 2.33 bits per heavy atom. The molecule has 1 aliphatic heterocycles. The van der Waals surface area contributed by atoms with E-state index in [4.69, 9.17) is 9.72 Å². The quantitative estimate of drug-likeness (QED) is 0.846. The van der Waals surface area contributed by atoms with Crippen molar-refractivity contribution in [3.63, 3.8) is 0 Å². The van der Waals surface area contributed by atoms with E-state index in [1.54, 1.807) is 7.11 Å². The molecule has 0 N–H and O–H groups in total. The van der Waals surface area contributed by atoms with Crippen molar-refractivity contribution in [1.82, 2.24) is 19.4 Å². The van der Waals surface area contributed by atoms with Gasteiger partial charge in [-0.05, 0) is 38.1 Å². The minimum absolute atomic E-state index is 0.477. The minimum Gasteiger partial charge on any atom is -0.384 e. The van der Waals surface area contributed by atoms with Gasteiger partial charge in [0.1, 0.15) is 11.3 Å². The van der Waals surface area contributed by atoms with E-state index in [9.17, 15) is 0 Å². The van der Waals surface area contributed by atoms with Crippen molar-refractivity contribution in [3.05, 3.63) is 24.2 Å². The van der Waals surface area contributed by atoms with Gasteiger partial charge in [0.2, 0.25) is 0 Å². The third-order valence-electron chi connectivity index (χ3n) is 4.34. The van der Waals surface area contributed by atoms with Crippen molar-refractivity contribution in [2.45, 2.75) is 32.2 Å². The molecule has 0 radical (unpaired) electrons. The van der Waals surface area contributed by atoms with E-state index in [1.165, 1.54) is 19.4 Å². The number of hydrogen-bond donors (Lipinski definition) is 0. The Morgan fingerprint density at radius 3 is 3.14 bits per heavy atom. The molecule has 21 heavy (non-hydrogen) atoms. The van der Waals surface area contributed by atoms with Gasteiger partial charge >= 0.3 is 0 Å². The molecule has 0 aromatic carbocycles. The van der Waals surface area contributed by atoms with E-state index in [0.717, 1.165) is 36.5 Å². The first-order valence-corrected chi connectivity index (χ1v) is 7.86. The van der Waals surface area contributed by atoms with Crippen molar-refractivity contribution in [1.29, 1.82) is 0 Å². The molecule has 1 unspecified atom stereocenters. The van der Waals surface area contributed by atoms with Gasteiger partial charge in [0.05, 0.1) is 6.61 Å². The van der Waals surface area contributed by atoms with E-state index in [1.807, 2.05) is 12.3 Å². The van der Waals surface area contributed by atoms with Gasteiger partial charge < -0.3 is 14.2 Å². The largest absolute Gasteiger partial charge is 0.384 e. The van der Waals surface area contributed by atoms with Crippen LogP contribution < -0.4 is 0 Å². The van der Waals surface area contributed by atoms with Gasteiger partial charge in [-0.15, -0.1) is 0 Å². The molecule has 114 valence electrons. The summed E-state index contributed by atoms with van der Waals surface area (Å²) in [6.07, 6.45) is 5.16. The molecule has 3 rings (SSSR count). The number of ether oxygens (including phenoxy) is 1. The zero-order valence-electron chi connectivity index (χ0n) is 13.0. The fourth-order valence-corrected chi connectivity index (χ4v) is 3.26. The molecule has 0 saturated carbocycles. The van der Waals surface area contributed by atoms with Crippen LogP contribution in [0.5, 0.6) is 0 Å². The van der Waals surface area contributed by atoms with Crippen LogP contribution in [0, 0.1) is 0 Å². The first-order valence-electron chi connectivity index (χ1n) is 7.86. The highest BCUT2D eigenvalue weighted by Crippen LogP contribution is 2.27. The number of fused-ring (bicyclic) bond motifs is 1. The maximum atomic E-state index is 5.24. The lowest BCUT2D eigenvalue weighted by atomic mass is 10.1. The normalized spacial score (nSPS) is 20.2. The molecule has 2 aromatic heterocycles. The summed E-state index contributed by atoms with van der Waals surface area (Å²) in [5.74, 6) is 1.11. The summed E-state index contributed by atoms with van der Waals surface area (Å²) in [7, 11) is 1.74. The number of rotatable bonds is 5. The molecule has 0 bridgehead atoms. The molecule has 5 heteroatoms. The first-order chi connectivity index (χ1) is 10.3. The average molecular weight is 288 g/mol. The van der Waals surface area contributed by atoms with Crippen molar-refractivity contribution in [2.75, 3.05) is 33.4 Å². The van der Waals surface area contributed by atoms with E-state index in [-0.39, 0.29) is 0 Å². The first kappa shape index (κ1) is 14.5. The Morgan fingerprint density at radius 1 is 1.43 bits per heavy atom. The van der Waals surface area contributed by atoms with Gasteiger partial charge in [0, 0.05) is 32.3 Å². The molecule has 1 atom stereocenters. The highest BCUT2D eigenvalue weighted by Gasteiger charge is 2.24. The van der Waals surface area contributed by atoms with Crippen LogP contribution in [-0.2, 0) is 11.2 Å². The topological polar surface area (TPSA) is 43.2 Å². The lowest BCUT2D eigenvalue weighted by molar-refractivity contribution is 0.178. The van der Waals surface area contributed by atoms with Gasteiger partial charge in [0.25, 0.3) is 0 Å². The number of aromatic nitrogens is 3. The Bertz CT molecular complexity index is 595. The smallest absolute Gasteiger partial charge is 0.160 e. The summed E-state index contributed by atoms with van der Waals surface area (Å²) in [5, 5.41) is 0. The van der Waals surface area contributed by atoms with Crippen LogP contribution in [0.25, 0.3) is 11.2 Å². The molecule has 1 saturated heterocycles. The van der Waals surface area contributed by atoms with Gasteiger partial charge in [0.15, 0.2) is 5.65 Å². The summed E-state index contributed by atoms with van der Waals surface area (Å²) in [4.78, 5) is 11.9. The second-order valence-electron chi connectivity index (χ2n) is 5.68. The zero-order valence-corrected chi connectivity index (χ0v) is 13.0. The monoisotopic (exact) mass is 288 g/mol. The number of methoxy groups -OCH3 is 1. The number of likely N-dealkylation sites (tertiary alicyclic amines) is 1. The third-order valence-corrected chi connectivity index (χ3v) is 4.34. The number of likely N-dealkylation sites (N-methyl/N-ethyl adjacent to an activating group) is 1. The van der Waals surface area contributed by atoms with Crippen LogP contribution in [0.1, 0.15) is 31.6 Å². The number of pyridine rings is 1. The van der Waals surface area contributed by atoms with Crippen LogP contribution in [0.3, 0.4) is 0 Å². The Kier molecular flexibility index (Phi) is 4.51. The van der Waals surface area contributed by atoms with Gasteiger partial charge in [-0.25, -0.2) is 9.97 Å². The number of piperidine rings is 1. The summed E-state index contributed by atoms with van der Waals surface area (Å²) in [5.41, 5.74) is 2.02. The summed E-state index contributed by atoms with van der Waals surface area (Å²) < 4.78 is 7.60. The number of imidazole rings is 1. The molecule has 2 aromatic rings. The summed E-state index contributed by atoms with van der Waals surface area (Å²) in [6, 6.07) is 4.49. The highest BCUT2D eigenvalue weighted by molar-refractivity contribution is 5.71.